The summed E-state index contributed by atoms with van der Waals surface area (Å²) in [6.45, 7) is 1.77. The Balaban J connectivity index is 1.66. The summed E-state index contributed by atoms with van der Waals surface area (Å²) < 4.78 is 19.2. The minimum atomic E-state index is -0.213. The van der Waals surface area contributed by atoms with Gasteiger partial charge in [-0.15, -0.1) is 0 Å². The smallest absolute Gasteiger partial charge is 0.258 e. The molecule has 0 aliphatic heterocycles. The van der Waals surface area contributed by atoms with Crippen LogP contribution < -0.4 is 5.32 Å². The summed E-state index contributed by atoms with van der Waals surface area (Å²) in [5.41, 5.74) is 3.98. The lowest BCUT2D eigenvalue weighted by Gasteiger charge is -2.07. The van der Waals surface area contributed by atoms with Crippen molar-refractivity contribution in [3.8, 4) is 34.0 Å². The summed E-state index contributed by atoms with van der Waals surface area (Å²) in [7, 11) is 1.79. The summed E-state index contributed by atoms with van der Waals surface area (Å²) in [5, 5.41) is 7.08. The molecule has 4 rings (SSSR count). The van der Waals surface area contributed by atoms with Crippen LogP contribution >= 0.6 is 0 Å². The molecule has 2 aromatic heterocycles. The molecule has 6 heteroatoms. The fourth-order valence-electron chi connectivity index (χ4n) is 2.95. The van der Waals surface area contributed by atoms with Gasteiger partial charge >= 0.3 is 0 Å². The van der Waals surface area contributed by atoms with Crippen LogP contribution in [0.15, 0.2) is 65.3 Å². The van der Waals surface area contributed by atoms with Crippen molar-refractivity contribution >= 4 is 5.82 Å². The molecule has 0 aliphatic rings. The topological polar surface area (TPSA) is 63.8 Å². The standard InChI is InChI=1S/C21H17FN4O/c1-13-16(5-3-7-18(13)22)14-8-10-15(11-9-14)21-25-20(26-27-21)17-6-4-12-24-19(17)23-2/h3-12H,1-2H3,(H,23,24). The van der Waals surface area contributed by atoms with Crippen LogP contribution in [0, 0.1) is 12.7 Å². The molecule has 0 spiro atoms. The zero-order chi connectivity index (χ0) is 18.8. The summed E-state index contributed by atoms with van der Waals surface area (Å²) in [5.74, 6) is 1.35. The van der Waals surface area contributed by atoms with Crippen molar-refractivity contribution in [3.63, 3.8) is 0 Å². The molecule has 0 amide bonds. The second-order valence-corrected chi connectivity index (χ2v) is 6.06. The monoisotopic (exact) mass is 360 g/mol. The summed E-state index contributed by atoms with van der Waals surface area (Å²) >= 11 is 0. The number of hydrogen-bond acceptors (Lipinski definition) is 5. The van der Waals surface area contributed by atoms with Crippen LogP contribution in [0.1, 0.15) is 5.56 Å². The van der Waals surface area contributed by atoms with Gasteiger partial charge in [-0.1, -0.05) is 29.4 Å². The zero-order valence-electron chi connectivity index (χ0n) is 14.9. The first kappa shape index (κ1) is 16.9. The third kappa shape index (κ3) is 3.17. The average Bonchev–Trinajstić information content (AvgIpc) is 3.20. The van der Waals surface area contributed by atoms with E-state index < -0.39 is 0 Å². The molecule has 1 N–H and O–H groups in total. The molecule has 4 aromatic rings. The molecular weight excluding hydrogens is 343 g/mol. The van der Waals surface area contributed by atoms with E-state index in [1.54, 1.807) is 26.2 Å². The number of aromatic nitrogens is 3. The van der Waals surface area contributed by atoms with E-state index in [0.717, 1.165) is 22.3 Å². The van der Waals surface area contributed by atoms with Gasteiger partial charge < -0.3 is 9.84 Å². The number of hydrogen-bond donors (Lipinski definition) is 1. The molecule has 0 fully saturated rings. The molecule has 2 aromatic carbocycles. The SMILES string of the molecule is CNc1ncccc1-c1noc(-c2ccc(-c3cccc(F)c3C)cc2)n1. The molecule has 0 saturated heterocycles. The lowest BCUT2D eigenvalue weighted by Crippen LogP contribution is -1.95. The quantitative estimate of drug-likeness (QED) is 0.557. The van der Waals surface area contributed by atoms with E-state index in [9.17, 15) is 4.39 Å². The van der Waals surface area contributed by atoms with Gasteiger partial charge in [-0.2, -0.15) is 4.98 Å². The van der Waals surface area contributed by atoms with Gasteiger partial charge in [0.25, 0.3) is 5.89 Å². The van der Waals surface area contributed by atoms with Gasteiger partial charge in [0.2, 0.25) is 5.82 Å². The lowest BCUT2D eigenvalue weighted by atomic mass is 9.99. The van der Waals surface area contributed by atoms with Gasteiger partial charge in [0.05, 0.1) is 5.56 Å². The maximum Gasteiger partial charge on any atom is 0.258 e. The largest absolute Gasteiger partial charge is 0.373 e. The molecule has 27 heavy (non-hydrogen) atoms. The van der Waals surface area contributed by atoms with Crippen LogP contribution in [0.5, 0.6) is 0 Å². The lowest BCUT2D eigenvalue weighted by molar-refractivity contribution is 0.432. The number of benzene rings is 2. The number of anilines is 1. The van der Waals surface area contributed by atoms with E-state index in [1.807, 2.05) is 42.5 Å². The summed E-state index contributed by atoms with van der Waals surface area (Å²) in [4.78, 5) is 8.73. The molecular formula is C21H17FN4O. The Bertz CT molecular complexity index is 1090. The van der Waals surface area contributed by atoms with E-state index in [-0.39, 0.29) is 5.82 Å². The Morgan fingerprint density at radius 1 is 0.926 bits per heavy atom. The number of pyridine rings is 1. The number of nitrogens with zero attached hydrogens (tertiary/aromatic N) is 3. The molecule has 0 bridgehead atoms. The third-order valence-electron chi connectivity index (χ3n) is 4.42. The maximum absolute atomic E-state index is 13.8. The third-order valence-corrected chi connectivity index (χ3v) is 4.42. The first-order valence-electron chi connectivity index (χ1n) is 8.50. The van der Waals surface area contributed by atoms with Gasteiger partial charge in [-0.3, -0.25) is 0 Å². The minimum absolute atomic E-state index is 0.213. The molecule has 2 heterocycles. The second kappa shape index (κ2) is 6.99. The van der Waals surface area contributed by atoms with Gasteiger partial charge in [0.1, 0.15) is 11.6 Å². The number of nitrogens with one attached hydrogen (secondary N) is 1. The molecule has 134 valence electrons. The maximum atomic E-state index is 13.8. The van der Waals surface area contributed by atoms with Crippen LogP contribution in [-0.4, -0.2) is 22.2 Å². The highest BCUT2D eigenvalue weighted by atomic mass is 19.1. The van der Waals surface area contributed by atoms with Crippen LogP contribution in [0.25, 0.3) is 34.0 Å². The first-order chi connectivity index (χ1) is 13.2. The molecule has 0 unspecified atom stereocenters. The average molecular weight is 360 g/mol. The Morgan fingerprint density at radius 3 is 2.44 bits per heavy atom. The van der Waals surface area contributed by atoms with E-state index in [0.29, 0.717) is 23.1 Å². The Hall–Kier alpha value is -3.54. The Kier molecular flexibility index (Phi) is 4.38. The van der Waals surface area contributed by atoms with Crippen LogP contribution in [0.4, 0.5) is 10.2 Å². The summed E-state index contributed by atoms with van der Waals surface area (Å²) in [6.07, 6.45) is 1.70. The molecule has 0 saturated carbocycles. The highest BCUT2D eigenvalue weighted by Crippen LogP contribution is 2.29. The predicted octanol–water partition coefficient (Wildman–Crippen LogP) is 4.95. The number of rotatable bonds is 4. The predicted molar refractivity (Wildman–Crippen MR) is 103 cm³/mol. The molecule has 0 atom stereocenters. The van der Waals surface area contributed by atoms with Gasteiger partial charge in [0, 0.05) is 18.8 Å². The van der Waals surface area contributed by atoms with Crippen molar-refractivity contribution in [3.05, 3.63) is 72.2 Å². The van der Waals surface area contributed by atoms with Gasteiger partial charge in [-0.05, 0) is 53.9 Å². The highest BCUT2D eigenvalue weighted by Gasteiger charge is 2.14. The van der Waals surface area contributed by atoms with Crippen LogP contribution in [0.2, 0.25) is 0 Å². The van der Waals surface area contributed by atoms with Crippen molar-refractivity contribution in [1.29, 1.82) is 0 Å². The molecule has 0 aliphatic carbocycles. The van der Waals surface area contributed by atoms with E-state index in [2.05, 4.69) is 20.4 Å². The zero-order valence-corrected chi connectivity index (χ0v) is 14.9. The Morgan fingerprint density at radius 2 is 1.67 bits per heavy atom. The van der Waals surface area contributed by atoms with Crippen LogP contribution in [0.3, 0.4) is 0 Å². The van der Waals surface area contributed by atoms with Crippen molar-refractivity contribution in [2.24, 2.45) is 0 Å². The Labute approximate surface area is 155 Å². The van der Waals surface area contributed by atoms with Crippen LogP contribution in [-0.2, 0) is 0 Å². The van der Waals surface area contributed by atoms with Crippen molar-refractivity contribution in [1.82, 2.24) is 15.1 Å². The second-order valence-electron chi connectivity index (χ2n) is 6.06. The molecule has 5 nitrogen and oxygen atoms in total. The summed E-state index contributed by atoms with van der Waals surface area (Å²) in [6, 6.07) is 16.4. The fourth-order valence-corrected chi connectivity index (χ4v) is 2.95. The van der Waals surface area contributed by atoms with Gasteiger partial charge in [0.15, 0.2) is 0 Å². The van der Waals surface area contributed by atoms with Gasteiger partial charge in [-0.25, -0.2) is 9.37 Å². The highest BCUT2D eigenvalue weighted by molar-refractivity contribution is 5.72. The normalized spacial score (nSPS) is 10.8. The fraction of sp³-hybridized carbons (Fsp3) is 0.0952. The minimum Gasteiger partial charge on any atom is -0.373 e. The van der Waals surface area contributed by atoms with E-state index in [1.165, 1.54) is 6.07 Å². The van der Waals surface area contributed by atoms with E-state index >= 15 is 0 Å². The van der Waals surface area contributed by atoms with Crippen molar-refractivity contribution in [2.75, 3.05) is 12.4 Å². The number of halogens is 1. The molecule has 0 radical (unpaired) electrons. The van der Waals surface area contributed by atoms with Crippen molar-refractivity contribution in [2.45, 2.75) is 6.92 Å². The first-order valence-corrected chi connectivity index (χ1v) is 8.50. The van der Waals surface area contributed by atoms with Crippen molar-refractivity contribution < 1.29 is 8.91 Å². The van der Waals surface area contributed by atoms with E-state index in [4.69, 9.17) is 4.52 Å².